The van der Waals surface area contributed by atoms with E-state index in [1.807, 2.05) is 32.9 Å². The first-order valence-electron chi connectivity index (χ1n) is 4.63. The highest BCUT2D eigenvalue weighted by Gasteiger charge is 2.17. The molecule has 0 heterocycles. The van der Waals surface area contributed by atoms with Crippen LogP contribution in [0.2, 0.25) is 0 Å². The fourth-order valence-corrected chi connectivity index (χ4v) is 1.77. The van der Waals surface area contributed by atoms with E-state index in [0.717, 1.165) is 16.7 Å². The van der Waals surface area contributed by atoms with Crippen molar-refractivity contribution in [2.45, 2.75) is 31.3 Å². The smallest absolute Gasteiger partial charge is 0.372 e. The van der Waals surface area contributed by atoms with E-state index in [-0.39, 0.29) is 5.30 Å². The molecule has 0 saturated carbocycles. The number of hydrogen-bond donors (Lipinski definition) is 1. The molecule has 1 rings (SSSR count). The first-order chi connectivity index (χ1) is 6.87. The zero-order valence-corrected chi connectivity index (χ0v) is 9.93. The fraction of sp³-hybridized carbons (Fsp3) is 0.364. The normalized spacial score (nSPS) is 11.1. The fourth-order valence-electron chi connectivity index (χ4n) is 0.945. The molecule has 0 aromatic heterocycles. The Morgan fingerprint density at radius 1 is 1.40 bits per heavy atom. The summed E-state index contributed by atoms with van der Waals surface area (Å²) in [5.41, 5.74) is 5.78. The van der Waals surface area contributed by atoms with Crippen LogP contribution < -0.4 is 5.73 Å². The molecule has 15 heavy (non-hydrogen) atoms. The number of hydrogen-bond acceptors (Lipinski definition) is 4. The molecule has 0 radical (unpaired) electrons. The Bertz CT molecular complexity index is 358. The molecule has 0 fully saturated rings. The van der Waals surface area contributed by atoms with Crippen LogP contribution in [-0.2, 0) is 4.74 Å². The summed E-state index contributed by atoms with van der Waals surface area (Å²) in [5, 5.41) is -0.312. The number of thioether (sulfide) groups is 1. The van der Waals surface area contributed by atoms with Crippen molar-refractivity contribution in [3.8, 4) is 0 Å². The molecule has 3 nitrogen and oxygen atoms in total. The maximum absolute atomic E-state index is 11.4. The lowest BCUT2D eigenvalue weighted by Gasteiger charge is -2.18. The SMILES string of the molecule is CC(C)(C)OC(=O)Sc1cccc(N)c1. The molecule has 1 aromatic carbocycles. The number of ether oxygens (including phenoxy) is 1. The van der Waals surface area contributed by atoms with E-state index < -0.39 is 5.60 Å². The number of nitrogen functional groups attached to an aromatic ring is 1. The third kappa shape index (κ3) is 4.74. The van der Waals surface area contributed by atoms with Gasteiger partial charge in [0, 0.05) is 10.6 Å². The summed E-state index contributed by atoms with van der Waals surface area (Å²) in [6.07, 6.45) is 0. The topological polar surface area (TPSA) is 52.3 Å². The average Bonchev–Trinajstić information content (AvgIpc) is 1.99. The van der Waals surface area contributed by atoms with Gasteiger partial charge in [-0.1, -0.05) is 6.07 Å². The molecule has 4 heteroatoms. The summed E-state index contributed by atoms with van der Waals surface area (Å²) in [6.45, 7) is 5.51. The Hall–Kier alpha value is -1.16. The Balaban J connectivity index is 2.59. The predicted molar refractivity (Wildman–Crippen MR) is 62.9 cm³/mol. The van der Waals surface area contributed by atoms with Crippen molar-refractivity contribution < 1.29 is 9.53 Å². The molecular weight excluding hydrogens is 210 g/mol. The Kier molecular flexibility index (Phi) is 3.63. The Morgan fingerprint density at radius 2 is 2.07 bits per heavy atom. The maximum Gasteiger partial charge on any atom is 0.372 e. The van der Waals surface area contributed by atoms with Crippen LogP contribution in [0.25, 0.3) is 0 Å². The summed E-state index contributed by atoms with van der Waals surface area (Å²) >= 11 is 1.04. The summed E-state index contributed by atoms with van der Waals surface area (Å²) in [6, 6.07) is 7.15. The average molecular weight is 225 g/mol. The molecule has 2 N–H and O–H groups in total. The quantitative estimate of drug-likeness (QED) is 0.452. The first kappa shape index (κ1) is 11.9. The maximum atomic E-state index is 11.4. The zero-order chi connectivity index (χ0) is 11.5. The Morgan fingerprint density at radius 3 is 2.60 bits per heavy atom. The van der Waals surface area contributed by atoms with E-state index >= 15 is 0 Å². The molecule has 0 saturated heterocycles. The van der Waals surface area contributed by atoms with Gasteiger partial charge in [-0.05, 0) is 50.7 Å². The second kappa shape index (κ2) is 4.57. The number of benzene rings is 1. The largest absolute Gasteiger partial charge is 0.452 e. The lowest BCUT2D eigenvalue weighted by molar-refractivity contribution is 0.0738. The van der Waals surface area contributed by atoms with Crippen molar-refractivity contribution in [2.75, 3.05) is 5.73 Å². The van der Waals surface area contributed by atoms with Crippen LogP contribution in [0.5, 0.6) is 0 Å². The predicted octanol–water partition coefficient (Wildman–Crippen LogP) is 3.30. The molecule has 0 bridgehead atoms. The lowest BCUT2D eigenvalue weighted by atomic mass is 10.2. The van der Waals surface area contributed by atoms with Gasteiger partial charge in [0.25, 0.3) is 0 Å². The van der Waals surface area contributed by atoms with E-state index in [4.69, 9.17) is 10.5 Å². The standard InChI is InChI=1S/C11H15NO2S/c1-11(2,3)14-10(13)15-9-6-4-5-8(12)7-9/h4-7H,12H2,1-3H3. The molecule has 0 unspecified atom stereocenters. The zero-order valence-electron chi connectivity index (χ0n) is 9.11. The van der Waals surface area contributed by atoms with Gasteiger partial charge < -0.3 is 10.5 Å². The number of carbonyl (C=O) groups is 1. The van der Waals surface area contributed by atoms with Crippen LogP contribution in [0.4, 0.5) is 10.5 Å². The van der Waals surface area contributed by atoms with Gasteiger partial charge in [0.05, 0.1) is 0 Å². The number of nitrogens with two attached hydrogens (primary N) is 1. The summed E-state index contributed by atoms with van der Waals surface area (Å²) in [7, 11) is 0. The highest BCUT2D eigenvalue weighted by Crippen LogP contribution is 2.24. The highest BCUT2D eigenvalue weighted by atomic mass is 32.2. The molecule has 0 spiro atoms. The molecule has 0 aliphatic carbocycles. The van der Waals surface area contributed by atoms with Crippen molar-refractivity contribution >= 4 is 22.8 Å². The van der Waals surface area contributed by atoms with Crippen molar-refractivity contribution in [2.24, 2.45) is 0 Å². The molecule has 82 valence electrons. The molecule has 1 aromatic rings. The second-order valence-electron chi connectivity index (χ2n) is 4.14. The summed E-state index contributed by atoms with van der Waals surface area (Å²) in [5.74, 6) is 0. The van der Waals surface area contributed by atoms with Crippen molar-refractivity contribution in [3.63, 3.8) is 0 Å². The molecule has 0 atom stereocenters. The van der Waals surface area contributed by atoms with E-state index in [1.165, 1.54) is 0 Å². The number of carbonyl (C=O) groups excluding carboxylic acids is 1. The number of anilines is 1. The van der Waals surface area contributed by atoms with E-state index in [9.17, 15) is 4.79 Å². The first-order valence-corrected chi connectivity index (χ1v) is 5.45. The third-order valence-electron chi connectivity index (χ3n) is 1.45. The third-order valence-corrected chi connectivity index (χ3v) is 2.19. The van der Waals surface area contributed by atoms with Crippen molar-refractivity contribution in [3.05, 3.63) is 24.3 Å². The van der Waals surface area contributed by atoms with Crippen molar-refractivity contribution in [1.29, 1.82) is 0 Å². The van der Waals surface area contributed by atoms with Crippen LogP contribution in [-0.4, -0.2) is 10.9 Å². The second-order valence-corrected chi connectivity index (χ2v) is 5.15. The Labute approximate surface area is 94.0 Å². The van der Waals surface area contributed by atoms with Crippen LogP contribution in [0.15, 0.2) is 29.2 Å². The van der Waals surface area contributed by atoms with E-state index in [1.54, 1.807) is 12.1 Å². The van der Waals surface area contributed by atoms with Crippen LogP contribution in [0.3, 0.4) is 0 Å². The molecular formula is C11H15NO2S. The minimum Gasteiger partial charge on any atom is -0.452 e. The van der Waals surface area contributed by atoms with Gasteiger partial charge in [0.1, 0.15) is 5.60 Å². The van der Waals surface area contributed by atoms with Gasteiger partial charge in [0.2, 0.25) is 0 Å². The van der Waals surface area contributed by atoms with Crippen LogP contribution >= 0.6 is 11.8 Å². The summed E-state index contributed by atoms with van der Waals surface area (Å²) < 4.78 is 5.16. The number of rotatable bonds is 1. The summed E-state index contributed by atoms with van der Waals surface area (Å²) in [4.78, 5) is 12.2. The van der Waals surface area contributed by atoms with Gasteiger partial charge in [0.15, 0.2) is 0 Å². The van der Waals surface area contributed by atoms with E-state index in [2.05, 4.69) is 0 Å². The monoisotopic (exact) mass is 225 g/mol. The van der Waals surface area contributed by atoms with Crippen LogP contribution in [0.1, 0.15) is 20.8 Å². The van der Waals surface area contributed by atoms with Crippen molar-refractivity contribution in [1.82, 2.24) is 0 Å². The minimum absolute atomic E-state index is 0.312. The minimum atomic E-state index is -0.454. The highest BCUT2D eigenvalue weighted by molar-refractivity contribution is 8.13. The van der Waals surface area contributed by atoms with Gasteiger partial charge in [-0.3, -0.25) is 0 Å². The van der Waals surface area contributed by atoms with Gasteiger partial charge in [-0.2, -0.15) is 0 Å². The van der Waals surface area contributed by atoms with E-state index in [0.29, 0.717) is 5.69 Å². The molecule has 0 aliphatic rings. The van der Waals surface area contributed by atoms with Gasteiger partial charge >= 0.3 is 5.30 Å². The lowest BCUT2D eigenvalue weighted by Crippen LogP contribution is -2.21. The van der Waals surface area contributed by atoms with Gasteiger partial charge in [-0.15, -0.1) is 0 Å². The molecule has 0 aliphatic heterocycles. The molecule has 0 amide bonds. The van der Waals surface area contributed by atoms with Crippen LogP contribution in [0, 0.1) is 0 Å². The van der Waals surface area contributed by atoms with Gasteiger partial charge in [-0.25, -0.2) is 4.79 Å².